The minimum atomic E-state index is -0.443. The Morgan fingerprint density at radius 2 is 2.19 bits per heavy atom. The number of hydrogen-bond donors (Lipinski definition) is 0. The molecule has 10 nitrogen and oxygen atoms in total. The lowest BCUT2D eigenvalue weighted by Crippen LogP contribution is -2.56. The predicted octanol–water partition coefficient (Wildman–Crippen LogP) is 0.0545. The number of amides is 1. The molecular formula is C17H28N8O2. The van der Waals surface area contributed by atoms with Crippen LogP contribution in [0.15, 0.2) is 6.20 Å². The molecule has 1 amide bonds. The van der Waals surface area contributed by atoms with Crippen molar-refractivity contribution in [1.82, 2.24) is 39.8 Å². The number of methoxy groups -OCH3 is 1. The third kappa shape index (κ3) is 3.59. The fourth-order valence-corrected chi connectivity index (χ4v) is 3.80. The van der Waals surface area contributed by atoms with Crippen molar-refractivity contribution in [3.05, 3.63) is 23.3 Å². The largest absolute Gasteiger partial charge is 0.383 e. The quantitative estimate of drug-likeness (QED) is 0.703. The highest BCUT2D eigenvalue weighted by Crippen LogP contribution is 2.35. The lowest BCUT2D eigenvalue weighted by molar-refractivity contribution is 0.0250. The maximum atomic E-state index is 13.1. The molecule has 1 atom stereocenters. The number of carbonyl (C=O) groups is 1. The van der Waals surface area contributed by atoms with E-state index in [9.17, 15) is 4.79 Å². The van der Waals surface area contributed by atoms with E-state index in [0.29, 0.717) is 31.8 Å². The maximum Gasteiger partial charge on any atom is 0.257 e. The van der Waals surface area contributed by atoms with Crippen molar-refractivity contribution in [2.24, 2.45) is 7.05 Å². The van der Waals surface area contributed by atoms with Crippen LogP contribution in [-0.4, -0.2) is 86.6 Å². The van der Waals surface area contributed by atoms with Crippen molar-refractivity contribution in [1.29, 1.82) is 0 Å². The first kappa shape index (κ1) is 19.4. The zero-order valence-corrected chi connectivity index (χ0v) is 16.7. The molecule has 148 valence electrons. The van der Waals surface area contributed by atoms with Gasteiger partial charge in [0.05, 0.1) is 24.4 Å². The summed E-state index contributed by atoms with van der Waals surface area (Å²) >= 11 is 0. The zero-order chi connectivity index (χ0) is 19.6. The maximum absolute atomic E-state index is 13.1. The number of ether oxygens (including phenoxy) is 1. The zero-order valence-electron chi connectivity index (χ0n) is 16.7. The molecule has 3 rings (SSSR count). The standard InChI is InChI=1S/C17H28N8O2/c1-13-14(11-23(4)19-13)15(26)24-8-6-7-17(12-24,22(2)3)16-18-20-21-25(16)9-10-27-5/h11H,6-10,12H2,1-5H3. The Morgan fingerprint density at radius 3 is 2.81 bits per heavy atom. The lowest BCUT2D eigenvalue weighted by Gasteiger charge is -2.45. The molecule has 10 heteroatoms. The van der Waals surface area contributed by atoms with Gasteiger partial charge in [0.15, 0.2) is 5.82 Å². The van der Waals surface area contributed by atoms with Crippen LogP contribution in [0.4, 0.5) is 0 Å². The van der Waals surface area contributed by atoms with Gasteiger partial charge in [-0.3, -0.25) is 14.4 Å². The van der Waals surface area contributed by atoms with Crippen LogP contribution in [0, 0.1) is 6.92 Å². The molecule has 1 aliphatic heterocycles. The number of aryl methyl sites for hydroxylation is 2. The average molecular weight is 376 g/mol. The Kier molecular flexibility index (Phi) is 5.56. The molecule has 1 saturated heterocycles. The monoisotopic (exact) mass is 376 g/mol. The van der Waals surface area contributed by atoms with E-state index in [1.165, 1.54) is 0 Å². The Balaban J connectivity index is 1.91. The fourth-order valence-electron chi connectivity index (χ4n) is 3.80. The Bertz CT molecular complexity index is 799. The van der Waals surface area contributed by atoms with E-state index in [0.717, 1.165) is 24.4 Å². The summed E-state index contributed by atoms with van der Waals surface area (Å²) < 4.78 is 8.64. The van der Waals surface area contributed by atoms with Gasteiger partial charge < -0.3 is 9.64 Å². The van der Waals surface area contributed by atoms with Gasteiger partial charge in [-0.15, -0.1) is 5.10 Å². The molecule has 0 bridgehead atoms. The van der Waals surface area contributed by atoms with Crippen LogP contribution in [0.25, 0.3) is 0 Å². The topological polar surface area (TPSA) is 94.2 Å². The summed E-state index contributed by atoms with van der Waals surface area (Å²) in [7, 11) is 7.51. The summed E-state index contributed by atoms with van der Waals surface area (Å²) in [5.41, 5.74) is 0.945. The van der Waals surface area contributed by atoms with Crippen LogP contribution in [0.5, 0.6) is 0 Å². The second kappa shape index (κ2) is 7.73. The number of piperidine rings is 1. The van der Waals surface area contributed by atoms with Crippen LogP contribution in [0.1, 0.15) is 34.7 Å². The second-order valence-corrected chi connectivity index (χ2v) is 7.28. The molecule has 1 fully saturated rings. The predicted molar refractivity (Wildman–Crippen MR) is 98.1 cm³/mol. The van der Waals surface area contributed by atoms with Crippen LogP contribution in [-0.2, 0) is 23.9 Å². The number of carbonyl (C=O) groups excluding carboxylic acids is 1. The number of nitrogens with zero attached hydrogens (tertiary/aromatic N) is 8. The SMILES string of the molecule is COCCn1nnnc1C1(N(C)C)CCCN(C(=O)c2cn(C)nc2C)C1. The Labute approximate surface area is 159 Å². The Hall–Kier alpha value is -2.33. The van der Waals surface area contributed by atoms with Gasteiger partial charge in [0.25, 0.3) is 5.91 Å². The summed E-state index contributed by atoms with van der Waals surface area (Å²) in [6, 6.07) is 0. The van der Waals surface area contributed by atoms with Crippen LogP contribution < -0.4 is 0 Å². The third-order valence-corrected chi connectivity index (χ3v) is 5.31. The van der Waals surface area contributed by atoms with E-state index >= 15 is 0 Å². The number of hydrogen-bond acceptors (Lipinski definition) is 7. The van der Waals surface area contributed by atoms with Crippen LogP contribution in [0.3, 0.4) is 0 Å². The normalized spacial score (nSPS) is 20.4. The molecule has 0 spiro atoms. The van der Waals surface area contributed by atoms with E-state index in [1.807, 2.05) is 33.0 Å². The molecule has 0 N–H and O–H groups in total. The van der Waals surface area contributed by atoms with Gasteiger partial charge in [-0.1, -0.05) is 0 Å². The summed E-state index contributed by atoms with van der Waals surface area (Å²) in [4.78, 5) is 17.2. The first-order valence-corrected chi connectivity index (χ1v) is 9.11. The van der Waals surface area contributed by atoms with Crippen molar-refractivity contribution >= 4 is 5.91 Å². The van der Waals surface area contributed by atoms with E-state index < -0.39 is 5.54 Å². The molecule has 2 aromatic rings. The molecule has 0 aliphatic carbocycles. The third-order valence-electron chi connectivity index (χ3n) is 5.31. The molecule has 2 aromatic heterocycles. The van der Waals surface area contributed by atoms with Crippen molar-refractivity contribution < 1.29 is 9.53 Å². The van der Waals surface area contributed by atoms with Gasteiger partial charge in [-0.05, 0) is 44.3 Å². The molecule has 1 unspecified atom stereocenters. The number of aromatic nitrogens is 6. The number of likely N-dealkylation sites (N-methyl/N-ethyl adjacent to an activating group) is 1. The van der Waals surface area contributed by atoms with Crippen molar-refractivity contribution in [3.8, 4) is 0 Å². The lowest BCUT2D eigenvalue weighted by atomic mass is 9.86. The number of rotatable bonds is 6. The Morgan fingerprint density at radius 1 is 1.41 bits per heavy atom. The van der Waals surface area contributed by atoms with Crippen molar-refractivity contribution in [2.45, 2.75) is 31.8 Å². The first-order chi connectivity index (χ1) is 12.9. The fraction of sp³-hybridized carbons (Fsp3) is 0.706. The first-order valence-electron chi connectivity index (χ1n) is 9.11. The van der Waals surface area contributed by atoms with Crippen LogP contribution >= 0.6 is 0 Å². The molecule has 27 heavy (non-hydrogen) atoms. The van der Waals surface area contributed by atoms with Gasteiger partial charge in [0.2, 0.25) is 0 Å². The minimum absolute atomic E-state index is 0.00226. The van der Waals surface area contributed by atoms with Gasteiger partial charge in [-0.25, -0.2) is 4.68 Å². The van der Waals surface area contributed by atoms with E-state index in [1.54, 1.807) is 22.7 Å². The smallest absolute Gasteiger partial charge is 0.257 e. The molecule has 0 aromatic carbocycles. The molecular weight excluding hydrogens is 348 g/mol. The molecule has 3 heterocycles. The highest BCUT2D eigenvalue weighted by molar-refractivity contribution is 5.95. The van der Waals surface area contributed by atoms with Gasteiger partial charge in [0, 0.05) is 33.4 Å². The van der Waals surface area contributed by atoms with Gasteiger partial charge >= 0.3 is 0 Å². The molecule has 0 radical (unpaired) electrons. The summed E-state index contributed by atoms with van der Waals surface area (Å²) in [6.45, 7) is 4.20. The van der Waals surface area contributed by atoms with E-state index in [2.05, 4.69) is 25.5 Å². The molecule has 0 saturated carbocycles. The van der Waals surface area contributed by atoms with Crippen molar-refractivity contribution in [3.63, 3.8) is 0 Å². The second-order valence-electron chi connectivity index (χ2n) is 7.28. The van der Waals surface area contributed by atoms with Crippen molar-refractivity contribution in [2.75, 3.05) is 40.9 Å². The summed E-state index contributed by atoms with van der Waals surface area (Å²) in [5, 5.41) is 16.7. The average Bonchev–Trinajstić information content (AvgIpc) is 3.25. The van der Waals surface area contributed by atoms with Crippen LogP contribution in [0.2, 0.25) is 0 Å². The highest BCUT2D eigenvalue weighted by atomic mass is 16.5. The number of tetrazole rings is 1. The number of likely N-dealkylation sites (tertiary alicyclic amines) is 1. The minimum Gasteiger partial charge on any atom is -0.383 e. The van der Waals surface area contributed by atoms with E-state index in [-0.39, 0.29) is 5.91 Å². The van der Waals surface area contributed by atoms with Gasteiger partial charge in [0.1, 0.15) is 5.54 Å². The van der Waals surface area contributed by atoms with Gasteiger partial charge in [-0.2, -0.15) is 5.10 Å². The summed E-state index contributed by atoms with van der Waals surface area (Å²) in [5.74, 6) is 0.771. The summed E-state index contributed by atoms with van der Waals surface area (Å²) in [6.07, 6.45) is 3.54. The molecule has 1 aliphatic rings. The highest BCUT2D eigenvalue weighted by Gasteiger charge is 2.45. The van der Waals surface area contributed by atoms with E-state index in [4.69, 9.17) is 4.74 Å².